The van der Waals surface area contributed by atoms with Gasteiger partial charge in [0, 0.05) is 47.0 Å². The maximum atomic E-state index is 11.0. The van der Waals surface area contributed by atoms with E-state index < -0.39 is 0 Å². The van der Waals surface area contributed by atoms with Gasteiger partial charge in [-0.3, -0.25) is 15.1 Å². The molecular weight excluding hydrogens is 418 g/mol. The topological polar surface area (TPSA) is 76.8 Å². The lowest BCUT2D eigenvalue weighted by Gasteiger charge is -2.17. The average molecular weight is 438 g/mol. The molecule has 138 valence electrons. The van der Waals surface area contributed by atoms with E-state index in [-0.39, 0.29) is 27.6 Å². The number of ether oxygens (including phenoxy) is 1. The predicted molar refractivity (Wildman–Crippen MR) is 110 cm³/mol. The molecule has 0 radical (unpaired) electrons. The Morgan fingerprint density at radius 1 is 1.31 bits per heavy atom. The molecule has 0 aromatic heterocycles. The van der Waals surface area contributed by atoms with Crippen LogP contribution in [0.2, 0.25) is 0 Å². The van der Waals surface area contributed by atoms with Crippen molar-refractivity contribution in [1.82, 2.24) is 5.32 Å². The van der Waals surface area contributed by atoms with Crippen LogP contribution in [0, 0.1) is 10.1 Å². The second-order valence-electron chi connectivity index (χ2n) is 5.55. The van der Waals surface area contributed by atoms with Crippen LogP contribution >= 0.6 is 28.7 Å². The Kier molecular flexibility index (Phi) is 7.47. The first kappa shape index (κ1) is 20.3. The molecular formula is C18H20BrN3O3S. The van der Waals surface area contributed by atoms with E-state index in [9.17, 15) is 10.1 Å². The summed E-state index contributed by atoms with van der Waals surface area (Å²) in [7, 11) is 1.57. The number of hydrogen-bond donors (Lipinski definition) is 1. The van der Waals surface area contributed by atoms with E-state index >= 15 is 0 Å². The van der Waals surface area contributed by atoms with Crippen LogP contribution < -0.4 is 10.1 Å². The number of nitro benzene ring substituents is 1. The van der Waals surface area contributed by atoms with Crippen LogP contribution in [0.1, 0.15) is 17.5 Å². The second-order valence-corrected chi connectivity index (χ2v) is 6.57. The summed E-state index contributed by atoms with van der Waals surface area (Å²) in [5.41, 5.74) is 1.94. The number of amidine groups is 1. The Morgan fingerprint density at radius 2 is 2.12 bits per heavy atom. The molecule has 3 rings (SSSR count). The van der Waals surface area contributed by atoms with E-state index in [1.165, 1.54) is 6.07 Å². The Labute approximate surface area is 167 Å². The SMILES string of the molecule is Br.COc1ccc([N+](=O)[O-])cc1CSc1ccccc1C1=NCCCN1. The summed E-state index contributed by atoms with van der Waals surface area (Å²) in [5.74, 6) is 2.15. The van der Waals surface area contributed by atoms with E-state index in [2.05, 4.69) is 10.3 Å². The summed E-state index contributed by atoms with van der Waals surface area (Å²) in [5, 5.41) is 14.4. The molecule has 0 amide bonds. The number of non-ortho nitro benzene ring substituents is 1. The zero-order valence-electron chi connectivity index (χ0n) is 14.3. The van der Waals surface area contributed by atoms with Crippen molar-refractivity contribution >= 4 is 40.3 Å². The summed E-state index contributed by atoms with van der Waals surface area (Å²) in [6.45, 7) is 1.76. The quantitative estimate of drug-likeness (QED) is 0.415. The highest BCUT2D eigenvalue weighted by atomic mass is 79.9. The number of aliphatic imine (C=N–C) groups is 1. The highest BCUT2D eigenvalue weighted by molar-refractivity contribution is 8.93. The van der Waals surface area contributed by atoms with Gasteiger partial charge in [-0.25, -0.2) is 0 Å². The number of rotatable bonds is 6. The number of methoxy groups -OCH3 is 1. The summed E-state index contributed by atoms with van der Waals surface area (Å²) in [6.07, 6.45) is 1.05. The van der Waals surface area contributed by atoms with Crippen molar-refractivity contribution in [2.75, 3.05) is 20.2 Å². The third-order valence-corrected chi connectivity index (χ3v) is 5.02. The van der Waals surface area contributed by atoms with Gasteiger partial charge >= 0.3 is 0 Å². The lowest BCUT2D eigenvalue weighted by atomic mass is 10.2. The van der Waals surface area contributed by atoms with E-state index in [1.54, 1.807) is 31.0 Å². The molecule has 1 N–H and O–H groups in total. The minimum atomic E-state index is -0.387. The fourth-order valence-electron chi connectivity index (χ4n) is 2.65. The van der Waals surface area contributed by atoms with Crippen LogP contribution in [0.3, 0.4) is 0 Å². The Hall–Kier alpha value is -2.06. The zero-order valence-corrected chi connectivity index (χ0v) is 16.8. The molecule has 0 atom stereocenters. The van der Waals surface area contributed by atoms with Gasteiger partial charge in [-0.05, 0) is 18.6 Å². The van der Waals surface area contributed by atoms with Crippen molar-refractivity contribution < 1.29 is 9.66 Å². The molecule has 2 aromatic rings. The Balaban J connectivity index is 0.00000243. The summed E-state index contributed by atoms with van der Waals surface area (Å²) >= 11 is 1.62. The second kappa shape index (κ2) is 9.59. The fraction of sp³-hybridized carbons (Fsp3) is 0.278. The number of nitrogens with zero attached hydrogens (tertiary/aromatic N) is 2. The molecule has 0 aliphatic carbocycles. The maximum Gasteiger partial charge on any atom is 0.270 e. The highest BCUT2D eigenvalue weighted by Gasteiger charge is 2.15. The smallest absolute Gasteiger partial charge is 0.270 e. The largest absolute Gasteiger partial charge is 0.496 e. The van der Waals surface area contributed by atoms with E-state index in [0.29, 0.717) is 11.5 Å². The van der Waals surface area contributed by atoms with Crippen molar-refractivity contribution in [3.63, 3.8) is 0 Å². The van der Waals surface area contributed by atoms with Gasteiger partial charge in [0.25, 0.3) is 5.69 Å². The van der Waals surface area contributed by atoms with Gasteiger partial charge in [-0.2, -0.15) is 0 Å². The molecule has 0 saturated heterocycles. The monoisotopic (exact) mass is 437 g/mol. The molecule has 8 heteroatoms. The molecule has 26 heavy (non-hydrogen) atoms. The average Bonchev–Trinajstić information content (AvgIpc) is 2.67. The van der Waals surface area contributed by atoms with Crippen LogP contribution in [-0.2, 0) is 5.75 Å². The minimum Gasteiger partial charge on any atom is -0.496 e. The molecule has 1 heterocycles. The van der Waals surface area contributed by atoms with Crippen LogP contribution in [0.25, 0.3) is 0 Å². The Morgan fingerprint density at radius 3 is 2.81 bits per heavy atom. The van der Waals surface area contributed by atoms with E-state index in [1.807, 2.05) is 24.3 Å². The molecule has 0 saturated carbocycles. The number of benzene rings is 2. The van der Waals surface area contributed by atoms with Crippen molar-refractivity contribution in [1.29, 1.82) is 0 Å². The molecule has 0 unspecified atom stereocenters. The maximum absolute atomic E-state index is 11.0. The third kappa shape index (κ3) is 4.76. The first-order chi connectivity index (χ1) is 12.2. The van der Waals surface area contributed by atoms with Crippen molar-refractivity contribution in [3.05, 3.63) is 63.7 Å². The fourth-order valence-corrected chi connectivity index (χ4v) is 3.68. The third-order valence-electron chi connectivity index (χ3n) is 3.90. The highest BCUT2D eigenvalue weighted by Crippen LogP contribution is 2.32. The van der Waals surface area contributed by atoms with Crippen molar-refractivity contribution in [2.24, 2.45) is 4.99 Å². The van der Waals surface area contributed by atoms with Crippen LogP contribution in [0.4, 0.5) is 5.69 Å². The molecule has 1 aliphatic heterocycles. The van der Waals surface area contributed by atoms with Crippen molar-refractivity contribution in [3.8, 4) is 5.75 Å². The van der Waals surface area contributed by atoms with Gasteiger partial charge in [0.05, 0.1) is 12.0 Å². The summed E-state index contributed by atoms with van der Waals surface area (Å²) in [4.78, 5) is 16.3. The number of nitrogens with one attached hydrogen (secondary N) is 1. The van der Waals surface area contributed by atoms with Gasteiger partial charge < -0.3 is 10.1 Å². The predicted octanol–water partition coefficient (Wildman–Crippen LogP) is 4.21. The molecule has 1 aliphatic rings. The molecule has 0 fully saturated rings. The number of halogens is 1. The standard InChI is InChI=1S/C18H19N3O3S.BrH/c1-24-16-8-7-14(21(22)23)11-13(16)12-25-17-6-3-2-5-15(17)18-19-9-4-10-20-18;/h2-3,5-8,11H,4,9-10,12H2,1H3,(H,19,20);1H. The summed E-state index contributed by atoms with van der Waals surface area (Å²) < 4.78 is 5.34. The lowest BCUT2D eigenvalue weighted by Crippen LogP contribution is -2.30. The van der Waals surface area contributed by atoms with Gasteiger partial charge in [0.2, 0.25) is 0 Å². The van der Waals surface area contributed by atoms with Gasteiger partial charge in [0.1, 0.15) is 11.6 Å². The minimum absolute atomic E-state index is 0. The normalized spacial score (nSPS) is 13.2. The van der Waals surface area contributed by atoms with Crippen LogP contribution in [0.5, 0.6) is 5.75 Å². The number of hydrogen-bond acceptors (Lipinski definition) is 6. The zero-order chi connectivity index (χ0) is 17.6. The lowest BCUT2D eigenvalue weighted by molar-refractivity contribution is -0.384. The van der Waals surface area contributed by atoms with E-state index in [4.69, 9.17) is 4.74 Å². The van der Waals surface area contributed by atoms with Gasteiger partial charge in [0.15, 0.2) is 0 Å². The number of thioether (sulfide) groups is 1. The van der Waals surface area contributed by atoms with Gasteiger partial charge in [-0.15, -0.1) is 28.7 Å². The number of nitro groups is 1. The van der Waals surface area contributed by atoms with Crippen molar-refractivity contribution in [2.45, 2.75) is 17.1 Å². The van der Waals surface area contributed by atoms with Crippen LogP contribution in [-0.4, -0.2) is 31.0 Å². The molecule has 0 bridgehead atoms. The first-order valence-corrected chi connectivity index (χ1v) is 8.99. The van der Waals surface area contributed by atoms with E-state index in [0.717, 1.165) is 41.4 Å². The molecule has 0 spiro atoms. The first-order valence-electron chi connectivity index (χ1n) is 8.01. The Bertz CT molecular complexity index is 814. The summed E-state index contributed by atoms with van der Waals surface area (Å²) in [6, 6.07) is 12.7. The molecule has 6 nitrogen and oxygen atoms in total. The van der Waals surface area contributed by atoms with Gasteiger partial charge in [-0.1, -0.05) is 18.2 Å². The van der Waals surface area contributed by atoms with Crippen LogP contribution in [0.15, 0.2) is 52.4 Å². The molecule has 2 aromatic carbocycles.